The minimum absolute atomic E-state index is 0.0373. The van der Waals surface area contributed by atoms with Gasteiger partial charge in [-0.1, -0.05) is 0 Å². The molecule has 3 unspecified atom stereocenters. The van der Waals surface area contributed by atoms with Gasteiger partial charge < -0.3 is 9.47 Å². The van der Waals surface area contributed by atoms with E-state index in [1.54, 1.807) is 13.8 Å². The summed E-state index contributed by atoms with van der Waals surface area (Å²) in [6, 6.07) is 0. The molecule has 2 rings (SSSR count). The lowest BCUT2D eigenvalue weighted by molar-refractivity contribution is -0.261. The van der Waals surface area contributed by atoms with Crippen LogP contribution in [0, 0.1) is 5.92 Å². The second-order valence-corrected chi connectivity index (χ2v) is 7.56. The first kappa shape index (κ1) is 18.3. The van der Waals surface area contributed by atoms with Crippen molar-refractivity contribution in [2.24, 2.45) is 5.92 Å². The van der Waals surface area contributed by atoms with E-state index in [1.165, 1.54) is 0 Å². The monoisotopic (exact) mass is 368 g/mol. The van der Waals surface area contributed by atoms with Gasteiger partial charge in [0.05, 0.1) is 17.1 Å². The summed E-state index contributed by atoms with van der Waals surface area (Å²) in [6.07, 6.45) is -10.3. The van der Waals surface area contributed by atoms with Crippen LogP contribution in [-0.2, 0) is 24.4 Å². The minimum atomic E-state index is -6.44. The van der Waals surface area contributed by atoms with E-state index in [-0.39, 0.29) is 12.8 Å². The summed E-state index contributed by atoms with van der Waals surface area (Å²) in [5, 5.41) is -5.72. The van der Waals surface area contributed by atoms with Crippen LogP contribution in [-0.4, -0.2) is 47.7 Å². The molecule has 134 valence electrons. The van der Waals surface area contributed by atoms with Gasteiger partial charge in [-0.3, -0.25) is 9.35 Å². The molecule has 1 heterocycles. The number of rotatable bonds is 4. The van der Waals surface area contributed by atoms with Gasteiger partial charge in [0.15, 0.2) is 0 Å². The molecule has 1 N–H and O–H groups in total. The van der Waals surface area contributed by atoms with Gasteiger partial charge >= 0.3 is 27.5 Å². The Morgan fingerprint density at radius 1 is 1.22 bits per heavy atom. The summed E-state index contributed by atoms with van der Waals surface area (Å²) in [7, 11) is -6.44. The first-order valence-electron chi connectivity index (χ1n) is 6.36. The number of esters is 1. The lowest BCUT2D eigenvalue weighted by atomic mass is 10.0. The summed E-state index contributed by atoms with van der Waals surface area (Å²) in [4.78, 5) is 11.7. The molecule has 0 amide bonds. The molecule has 1 aliphatic heterocycles. The fourth-order valence-corrected chi connectivity index (χ4v) is 3.29. The van der Waals surface area contributed by atoms with Gasteiger partial charge in [-0.25, -0.2) is 0 Å². The predicted octanol–water partition coefficient (Wildman–Crippen LogP) is 1.90. The Balaban J connectivity index is 2.19. The van der Waals surface area contributed by atoms with Crippen LogP contribution in [0.2, 0.25) is 0 Å². The summed E-state index contributed by atoms with van der Waals surface area (Å²) in [5.74, 6) is -2.75. The maximum Gasteiger partial charge on any atom is 0.432 e. The number of alkyl halides is 5. The van der Waals surface area contributed by atoms with Crippen LogP contribution in [0.4, 0.5) is 22.0 Å². The smallest absolute Gasteiger partial charge is 0.432 e. The standard InChI is InChI=1S/C11H13F5O6S/c1-8-3-5(4-9(8,2)22-8)6(17)21-7(10(12,13)14)11(15,16)23(18,19)20/h5,7H,3-4H2,1-2H3,(H,18,19,20). The number of epoxide rings is 1. The quantitative estimate of drug-likeness (QED) is 0.353. The van der Waals surface area contributed by atoms with Crippen LogP contribution in [0.3, 0.4) is 0 Å². The molecule has 6 nitrogen and oxygen atoms in total. The van der Waals surface area contributed by atoms with E-state index >= 15 is 0 Å². The van der Waals surface area contributed by atoms with E-state index in [1.807, 2.05) is 0 Å². The Morgan fingerprint density at radius 3 is 2.00 bits per heavy atom. The molecular weight excluding hydrogens is 355 g/mol. The first-order chi connectivity index (χ1) is 10.0. The minimum Gasteiger partial charge on any atom is -0.444 e. The number of hydrogen-bond acceptors (Lipinski definition) is 5. The number of fused-ring (bicyclic) bond motifs is 1. The third-order valence-corrected chi connectivity index (χ3v) is 5.22. The van der Waals surface area contributed by atoms with Crippen molar-refractivity contribution in [2.75, 3.05) is 0 Å². The lowest BCUT2D eigenvalue weighted by Crippen LogP contribution is -2.52. The van der Waals surface area contributed by atoms with Gasteiger partial charge in [-0.2, -0.15) is 30.4 Å². The zero-order valence-corrected chi connectivity index (χ0v) is 12.7. The van der Waals surface area contributed by atoms with Crippen molar-refractivity contribution >= 4 is 16.1 Å². The van der Waals surface area contributed by atoms with Gasteiger partial charge in [-0.05, 0) is 26.7 Å². The normalized spacial score (nSPS) is 35.6. The summed E-state index contributed by atoms with van der Waals surface area (Å²) < 4.78 is 103. The van der Waals surface area contributed by atoms with Crippen molar-refractivity contribution in [3.63, 3.8) is 0 Å². The lowest BCUT2D eigenvalue weighted by Gasteiger charge is -2.27. The Bertz CT molecular complexity index is 615. The van der Waals surface area contributed by atoms with Crippen molar-refractivity contribution in [2.45, 2.75) is 55.4 Å². The zero-order chi connectivity index (χ0) is 18.1. The van der Waals surface area contributed by atoms with Crippen LogP contribution < -0.4 is 0 Å². The van der Waals surface area contributed by atoms with E-state index < -0.39 is 50.7 Å². The summed E-state index contributed by atoms with van der Waals surface area (Å²) in [6.45, 7) is 3.21. The van der Waals surface area contributed by atoms with E-state index in [0.717, 1.165) is 0 Å². The van der Waals surface area contributed by atoms with Crippen LogP contribution >= 0.6 is 0 Å². The van der Waals surface area contributed by atoms with Crippen molar-refractivity contribution in [3.05, 3.63) is 0 Å². The van der Waals surface area contributed by atoms with Gasteiger partial charge in [0, 0.05) is 0 Å². The molecule has 2 fully saturated rings. The molecule has 0 radical (unpaired) electrons. The molecule has 0 bridgehead atoms. The van der Waals surface area contributed by atoms with Gasteiger partial charge in [0.25, 0.3) is 6.10 Å². The molecule has 0 aromatic carbocycles. The highest BCUT2D eigenvalue weighted by molar-refractivity contribution is 7.86. The number of halogens is 5. The Labute approximate surface area is 127 Å². The molecule has 1 saturated heterocycles. The van der Waals surface area contributed by atoms with Gasteiger partial charge in [-0.15, -0.1) is 0 Å². The number of hydrogen-bond donors (Lipinski definition) is 1. The molecule has 1 aliphatic carbocycles. The Hall–Kier alpha value is -1.01. The molecule has 12 heteroatoms. The van der Waals surface area contributed by atoms with Crippen LogP contribution in [0.5, 0.6) is 0 Å². The molecular formula is C11H13F5O6S. The van der Waals surface area contributed by atoms with Gasteiger partial charge in [0.1, 0.15) is 0 Å². The van der Waals surface area contributed by atoms with E-state index in [2.05, 4.69) is 4.74 Å². The Kier molecular flexibility index (Phi) is 3.79. The van der Waals surface area contributed by atoms with Crippen LogP contribution in [0.1, 0.15) is 26.7 Å². The summed E-state index contributed by atoms with van der Waals surface area (Å²) >= 11 is 0. The van der Waals surface area contributed by atoms with E-state index in [9.17, 15) is 35.2 Å². The van der Waals surface area contributed by atoms with Gasteiger partial charge in [0.2, 0.25) is 0 Å². The highest BCUT2D eigenvalue weighted by Gasteiger charge is 2.71. The number of carbonyl (C=O) groups excluding carboxylic acids is 1. The molecule has 0 aromatic heterocycles. The third kappa shape index (κ3) is 2.91. The second-order valence-electron chi connectivity index (χ2n) is 6.06. The maximum absolute atomic E-state index is 13.3. The van der Waals surface area contributed by atoms with Crippen LogP contribution in [0.15, 0.2) is 0 Å². The summed E-state index contributed by atoms with van der Waals surface area (Å²) in [5.41, 5.74) is -1.51. The zero-order valence-electron chi connectivity index (χ0n) is 11.9. The van der Waals surface area contributed by atoms with Crippen molar-refractivity contribution in [1.82, 2.24) is 0 Å². The third-order valence-electron chi connectivity index (χ3n) is 4.31. The average molecular weight is 368 g/mol. The van der Waals surface area contributed by atoms with Crippen molar-refractivity contribution < 1.29 is 49.2 Å². The van der Waals surface area contributed by atoms with E-state index in [4.69, 9.17) is 9.29 Å². The van der Waals surface area contributed by atoms with Crippen LogP contribution in [0.25, 0.3) is 0 Å². The molecule has 23 heavy (non-hydrogen) atoms. The number of carbonyl (C=O) groups is 1. The first-order valence-corrected chi connectivity index (χ1v) is 7.80. The molecule has 2 aliphatic rings. The average Bonchev–Trinajstić information content (AvgIpc) is 2.72. The van der Waals surface area contributed by atoms with E-state index in [0.29, 0.717) is 0 Å². The molecule has 1 saturated carbocycles. The van der Waals surface area contributed by atoms with Crippen molar-refractivity contribution in [3.8, 4) is 0 Å². The molecule has 0 aromatic rings. The highest BCUT2D eigenvalue weighted by atomic mass is 32.2. The highest BCUT2D eigenvalue weighted by Crippen LogP contribution is 2.61. The largest absolute Gasteiger partial charge is 0.444 e. The predicted molar refractivity (Wildman–Crippen MR) is 63.0 cm³/mol. The molecule has 3 atom stereocenters. The fourth-order valence-electron chi connectivity index (χ4n) is 2.84. The topological polar surface area (TPSA) is 93.2 Å². The molecule has 0 spiro atoms. The van der Waals surface area contributed by atoms with Crippen molar-refractivity contribution in [1.29, 1.82) is 0 Å². The fraction of sp³-hybridized carbons (Fsp3) is 0.909. The second kappa shape index (κ2) is 4.76. The Morgan fingerprint density at radius 2 is 1.65 bits per heavy atom. The maximum atomic E-state index is 13.3. The number of ether oxygens (including phenoxy) is 2. The SMILES string of the molecule is CC12CC(C(=O)OC(C(F)(F)F)C(F)(F)S(=O)(=O)O)CC1(C)O2.